The zero-order chi connectivity index (χ0) is 18.5. The molecule has 1 aromatic carbocycles. The molecule has 8 heteroatoms. The lowest BCUT2D eigenvalue weighted by atomic mass is 9.93. The van der Waals surface area contributed by atoms with Gasteiger partial charge in [-0.25, -0.2) is 4.98 Å². The van der Waals surface area contributed by atoms with Gasteiger partial charge in [-0.05, 0) is 50.9 Å². The molecule has 0 aliphatic carbocycles. The summed E-state index contributed by atoms with van der Waals surface area (Å²) in [6.45, 7) is 2.38. The van der Waals surface area contributed by atoms with Crippen LogP contribution in [0.25, 0.3) is 5.69 Å². The number of piperidine rings is 1. The van der Waals surface area contributed by atoms with Crippen molar-refractivity contribution in [2.45, 2.75) is 19.3 Å². The number of aromatic nitrogens is 2. The number of carbonyl (C=O) groups excluding carboxylic acids is 1. The predicted octanol–water partition coefficient (Wildman–Crippen LogP) is 2.24. The van der Waals surface area contributed by atoms with Crippen molar-refractivity contribution < 1.29 is 9.72 Å². The average molecular weight is 357 g/mol. The Morgan fingerprint density at radius 1 is 1.38 bits per heavy atom. The molecule has 8 nitrogen and oxygen atoms in total. The van der Waals surface area contributed by atoms with E-state index in [1.165, 1.54) is 12.4 Å². The summed E-state index contributed by atoms with van der Waals surface area (Å²) in [6, 6.07) is 4.62. The number of benzene rings is 1. The van der Waals surface area contributed by atoms with E-state index in [2.05, 4.69) is 10.3 Å². The molecule has 0 spiro atoms. The number of rotatable bonds is 6. The number of nitro groups is 1. The smallest absolute Gasteiger partial charge is 0.294 e. The van der Waals surface area contributed by atoms with Crippen molar-refractivity contribution in [3.8, 4) is 5.69 Å². The van der Waals surface area contributed by atoms with Crippen molar-refractivity contribution in [2.24, 2.45) is 5.92 Å². The van der Waals surface area contributed by atoms with E-state index in [1.54, 1.807) is 34.0 Å². The summed E-state index contributed by atoms with van der Waals surface area (Å²) in [4.78, 5) is 29.5. The zero-order valence-corrected chi connectivity index (χ0v) is 14.8. The summed E-state index contributed by atoms with van der Waals surface area (Å²) >= 11 is 0. The molecular formula is C18H23N5O3. The van der Waals surface area contributed by atoms with E-state index in [4.69, 9.17) is 0 Å². The zero-order valence-electron chi connectivity index (χ0n) is 14.8. The van der Waals surface area contributed by atoms with Crippen LogP contribution in [0.4, 0.5) is 5.69 Å². The largest absolute Gasteiger partial charge is 0.339 e. The Morgan fingerprint density at radius 3 is 2.77 bits per heavy atom. The van der Waals surface area contributed by atoms with Crippen LogP contribution in [0.3, 0.4) is 0 Å². The van der Waals surface area contributed by atoms with Gasteiger partial charge < -0.3 is 14.8 Å². The van der Waals surface area contributed by atoms with Crippen molar-refractivity contribution >= 4 is 11.6 Å². The molecule has 1 aliphatic heterocycles. The van der Waals surface area contributed by atoms with Crippen LogP contribution < -0.4 is 5.32 Å². The molecule has 1 saturated heterocycles. The first-order valence-electron chi connectivity index (χ1n) is 8.81. The maximum absolute atomic E-state index is 12.8. The summed E-state index contributed by atoms with van der Waals surface area (Å²) in [5.74, 6) is 0.488. The highest BCUT2D eigenvalue weighted by molar-refractivity contribution is 5.95. The van der Waals surface area contributed by atoms with E-state index >= 15 is 0 Å². The number of carbonyl (C=O) groups is 1. The van der Waals surface area contributed by atoms with Gasteiger partial charge in [0.15, 0.2) is 0 Å². The Balaban J connectivity index is 1.74. The molecule has 1 aliphatic rings. The first-order chi connectivity index (χ1) is 12.6. The highest BCUT2D eigenvalue weighted by atomic mass is 16.6. The molecule has 3 rings (SSSR count). The number of nitrogens with one attached hydrogen (secondary N) is 1. The maximum atomic E-state index is 12.8. The summed E-state index contributed by atoms with van der Waals surface area (Å²) in [7, 11) is 1.94. The van der Waals surface area contributed by atoms with Gasteiger partial charge in [0.1, 0.15) is 5.69 Å². The lowest BCUT2D eigenvalue weighted by Gasteiger charge is -2.32. The molecule has 0 radical (unpaired) electrons. The summed E-state index contributed by atoms with van der Waals surface area (Å²) in [5.41, 5.74) is 0.654. The lowest BCUT2D eigenvalue weighted by Crippen LogP contribution is -2.39. The van der Waals surface area contributed by atoms with Crippen molar-refractivity contribution in [2.75, 3.05) is 26.7 Å². The molecule has 138 valence electrons. The van der Waals surface area contributed by atoms with Crippen LogP contribution >= 0.6 is 0 Å². The van der Waals surface area contributed by atoms with Crippen molar-refractivity contribution in [1.82, 2.24) is 19.8 Å². The van der Waals surface area contributed by atoms with Crippen molar-refractivity contribution in [1.29, 1.82) is 0 Å². The Bertz CT molecular complexity index is 767. The number of nitrogens with zero attached hydrogens (tertiary/aromatic N) is 4. The topological polar surface area (TPSA) is 93.3 Å². The quantitative estimate of drug-likeness (QED) is 0.632. The number of hydrogen-bond acceptors (Lipinski definition) is 5. The van der Waals surface area contributed by atoms with E-state index in [1.807, 2.05) is 7.05 Å². The third-order valence-corrected chi connectivity index (χ3v) is 4.91. The van der Waals surface area contributed by atoms with E-state index in [-0.39, 0.29) is 11.6 Å². The van der Waals surface area contributed by atoms with Crippen molar-refractivity contribution in [3.05, 3.63) is 52.6 Å². The minimum Gasteiger partial charge on any atom is -0.339 e. The molecule has 0 unspecified atom stereocenters. The molecule has 2 heterocycles. The van der Waals surface area contributed by atoms with Gasteiger partial charge in [-0.15, -0.1) is 0 Å². The molecule has 1 fully saturated rings. The Kier molecular flexibility index (Phi) is 5.62. The Morgan fingerprint density at radius 2 is 2.15 bits per heavy atom. The van der Waals surface area contributed by atoms with E-state index < -0.39 is 4.92 Å². The average Bonchev–Trinajstić information content (AvgIpc) is 3.20. The lowest BCUT2D eigenvalue weighted by molar-refractivity contribution is -0.384. The van der Waals surface area contributed by atoms with Crippen LogP contribution in [-0.2, 0) is 0 Å². The number of amides is 1. The summed E-state index contributed by atoms with van der Waals surface area (Å²) < 4.78 is 1.57. The normalized spacial score (nSPS) is 15.2. The second-order valence-corrected chi connectivity index (χ2v) is 6.56. The first kappa shape index (κ1) is 18.1. The monoisotopic (exact) mass is 357 g/mol. The Labute approximate surface area is 152 Å². The Hall–Kier alpha value is -2.74. The molecule has 1 amide bonds. The predicted molar refractivity (Wildman–Crippen MR) is 97.4 cm³/mol. The van der Waals surface area contributed by atoms with E-state index in [0.717, 1.165) is 25.8 Å². The minimum absolute atomic E-state index is 0.0993. The van der Waals surface area contributed by atoms with Gasteiger partial charge in [-0.2, -0.15) is 0 Å². The van der Waals surface area contributed by atoms with Gasteiger partial charge in [0.2, 0.25) is 0 Å². The minimum atomic E-state index is -0.462. The van der Waals surface area contributed by atoms with Gasteiger partial charge >= 0.3 is 0 Å². The second-order valence-electron chi connectivity index (χ2n) is 6.56. The van der Waals surface area contributed by atoms with Gasteiger partial charge in [0.25, 0.3) is 11.6 Å². The number of imidazole rings is 1. The second kappa shape index (κ2) is 8.09. The van der Waals surface area contributed by atoms with Crippen molar-refractivity contribution in [3.63, 3.8) is 0 Å². The van der Waals surface area contributed by atoms with Crippen LogP contribution in [0, 0.1) is 16.0 Å². The fourth-order valence-corrected chi connectivity index (χ4v) is 3.38. The fraction of sp³-hybridized carbons (Fsp3) is 0.444. The van der Waals surface area contributed by atoms with Gasteiger partial charge in [0, 0.05) is 37.1 Å². The molecule has 0 bridgehead atoms. The van der Waals surface area contributed by atoms with Crippen LogP contribution in [-0.4, -0.2) is 52.0 Å². The first-order valence-corrected chi connectivity index (χ1v) is 8.81. The molecular weight excluding hydrogens is 334 g/mol. The third-order valence-electron chi connectivity index (χ3n) is 4.91. The molecule has 1 aromatic heterocycles. The third kappa shape index (κ3) is 3.91. The van der Waals surface area contributed by atoms with Crippen LogP contribution in [0.5, 0.6) is 0 Å². The van der Waals surface area contributed by atoms with Gasteiger partial charge in [-0.1, -0.05) is 0 Å². The van der Waals surface area contributed by atoms with Gasteiger partial charge in [0.05, 0.1) is 11.3 Å². The molecule has 0 atom stereocenters. The highest BCUT2D eigenvalue weighted by Gasteiger charge is 2.25. The number of hydrogen-bond donors (Lipinski definition) is 1. The van der Waals surface area contributed by atoms with Crippen LogP contribution in [0.1, 0.15) is 29.6 Å². The van der Waals surface area contributed by atoms with Crippen LogP contribution in [0.2, 0.25) is 0 Å². The fourth-order valence-electron chi connectivity index (χ4n) is 3.38. The highest BCUT2D eigenvalue weighted by Crippen LogP contribution is 2.26. The molecule has 2 aromatic rings. The molecule has 26 heavy (non-hydrogen) atoms. The number of nitro benzene ring substituents is 1. The molecule has 1 N–H and O–H groups in total. The standard InChI is InChI=1S/C18H23N5O3/c1-19-7-4-14-5-9-21(10-6-14)18(24)15-2-3-16(17(12-15)23(25)26)22-11-8-20-13-22/h2-3,8,11-14,19H,4-7,9-10H2,1H3. The maximum Gasteiger partial charge on any atom is 0.294 e. The number of likely N-dealkylation sites (tertiary alicyclic amines) is 1. The van der Waals surface area contributed by atoms with E-state index in [0.29, 0.717) is 30.3 Å². The summed E-state index contributed by atoms with van der Waals surface area (Å²) in [6.07, 6.45) is 7.76. The summed E-state index contributed by atoms with van der Waals surface area (Å²) in [5, 5.41) is 14.6. The van der Waals surface area contributed by atoms with Gasteiger partial charge in [-0.3, -0.25) is 14.9 Å². The SMILES string of the molecule is CNCCC1CCN(C(=O)c2ccc(-n3ccnc3)c([N+](=O)[O-])c2)CC1. The van der Waals surface area contributed by atoms with Crippen LogP contribution in [0.15, 0.2) is 36.9 Å². The van der Waals surface area contributed by atoms with E-state index in [9.17, 15) is 14.9 Å². The molecule has 0 saturated carbocycles.